The first-order chi connectivity index (χ1) is 11.3. The van der Waals surface area contributed by atoms with Crippen molar-refractivity contribution in [1.82, 2.24) is 9.97 Å². The van der Waals surface area contributed by atoms with Crippen molar-refractivity contribution in [3.63, 3.8) is 0 Å². The number of pyridine rings is 1. The molecule has 0 fully saturated rings. The van der Waals surface area contributed by atoms with Crippen molar-refractivity contribution in [2.45, 2.75) is 6.42 Å². The predicted octanol–water partition coefficient (Wildman–Crippen LogP) is 4.13. The summed E-state index contributed by atoms with van der Waals surface area (Å²) in [5, 5.41) is 4.53. The average molecular weight is 341 g/mol. The minimum Gasteiger partial charge on any atom is -0.316 e. The van der Waals surface area contributed by atoms with Crippen LogP contribution in [0.15, 0.2) is 54.9 Å². The van der Waals surface area contributed by atoms with E-state index in [9.17, 15) is 4.79 Å². The number of hydrogen-bond donors (Lipinski definition) is 2. The van der Waals surface area contributed by atoms with Crippen molar-refractivity contribution in [3.8, 4) is 21.8 Å². The Morgan fingerprint density at radius 2 is 1.91 bits per heavy atom. The van der Waals surface area contributed by atoms with Gasteiger partial charge in [-0.2, -0.15) is 12.6 Å². The first kappa shape index (κ1) is 15.7. The highest BCUT2D eigenvalue weighted by atomic mass is 32.1. The van der Waals surface area contributed by atoms with Crippen LogP contribution >= 0.6 is 24.0 Å². The van der Waals surface area contributed by atoms with Gasteiger partial charge in [-0.1, -0.05) is 41.7 Å². The summed E-state index contributed by atoms with van der Waals surface area (Å²) in [7, 11) is 0. The fourth-order valence-electron chi connectivity index (χ4n) is 2.10. The summed E-state index contributed by atoms with van der Waals surface area (Å²) in [6.07, 6.45) is 3.87. The van der Waals surface area contributed by atoms with E-state index in [1.807, 2.05) is 42.5 Å². The predicted molar refractivity (Wildman–Crippen MR) is 97.9 cm³/mol. The molecule has 2 aromatic heterocycles. The highest BCUT2D eigenvalue weighted by molar-refractivity contribution is 7.80. The van der Waals surface area contributed by atoms with Crippen molar-refractivity contribution < 1.29 is 4.79 Å². The van der Waals surface area contributed by atoms with Crippen LogP contribution in [-0.2, 0) is 4.79 Å². The Morgan fingerprint density at radius 3 is 2.61 bits per heavy atom. The number of benzene rings is 1. The van der Waals surface area contributed by atoms with Crippen LogP contribution in [0.3, 0.4) is 0 Å². The molecule has 3 rings (SSSR count). The third-order valence-corrected chi connectivity index (χ3v) is 4.42. The highest BCUT2D eigenvalue weighted by Gasteiger charge is 2.16. The number of rotatable bonds is 5. The van der Waals surface area contributed by atoms with Gasteiger partial charge in [0.1, 0.15) is 15.7 Å². The summed E-state index contributed by atoms with van der Waals surface area (Å²) < 4.78 is 0. The summed E-state index contributed by atoms with van der Waals surface area (Å²) in [6.45, 7) is 0. The second-order valence-electron chi connectivity index (χ2n) is 4.83. The molecular weight excluding hydrogens is 326 g/mol. The van der Waals surface area contributed by atoms with Gasteiger partial charge in [-0.05, 0) is 17.9 Å². The van der Waals surface area contributed by atoms with Gasteiger partial charge in [0.25, 0.3) is 0 Å². The molecule has 23 heavy (non-hydrogen) atoms. The standard InChI is InChI=1S/C17H15N3OS2/c21-14(8-10-22)19-17-15(12-5-2-1-3-6-12)20-16(23-17)13-7-4-9-18-11-13/h1-7,9,11,22H,8,10H2,(H,19,21). The number of nitrogens with one attached hydrogen (secondary N) is 1. The Kier molecular flexibility index (Phi) is 5.05. The van der Waals surface area contributed by atoms with Gasteiger partial charge in [-0.3, -0.25) is 9.78 Å². The van der Waals surface area contributed by atoms with E-state index in [0.717, 1.165) is 26.8 Å². The molecule has 2 heterocycles. The number of thiazole rings is 1. The Hall–Kier alpha value is -2.18. The third-order valence-electron chi connectivity index (χ3n) is 3.17. The Bertz CT molecular complexity index is 788. The van der Waals surface area contributed by atoms with Gasteiger partial charge >= 0.3 is 0 Å². The molecule has 116 valence electrons. The largest absolute Gasteiger partial charge is 0.316 e. The van der Waals surface area contributed by atoms with Crippen LogP contribution in [0.5, 0.6) is 0 Å². The number of thiol groups is 1. The lowest BCUT2D eigenvalue weighted by Gasteiger charge is -2.04. The van der Waals surface area contributed by atoms with Gasteiger partial charge in [-0.15, -0.1) is 0 Å². The van der Waals surface area contributed by atoms with Crippen LogP contribution in [0.4, 0.5) is 5.00 Å². The van der Waals surface area contributed by atoms with E-state index in [4.69, 9.17) is 4.98 Å². The minimum atomic E-state index is -0.0569. The molecule has 0 unspecified atom stereocenters. The molecule has 0 bridgehead atoms. The monoisotopic (exact) mass is 341 g/mol. The maximum atomic E-state index is 11.9. The normalized spacial score (nSPS) is 10.5. The fourth-order valence-corrected chi connectivity index (χ4v) is 3.30. The molecule has 0 aliphatic heterocycles. The van der Waals surface area contributed by atoms with Gasteiger partial charge in [0.2, 0.25) is 5.91 Å². The lowest BCUT2D eigenvalue weighted by atomic mass is 10.1. The van der Waals surface area contributed by atoms with Crippen LogP contribution < -0.4 is 5.32 Å². The molecule has 0 radical (unpaired) electrons. The molecule has 1 aromatic carbocycles. The van der Waals surface area contributed by atoms with E-state index in [1.165, 1.54) is 11.3 Å². The molecule has 0 saturated heterocycles. The topological polar surface area (TPSA) is 54.9 Å². The summed E-state index contributed by atoms with van der Waals surface area (Å²) >= 11 is 5.56. The summed E-state index contributed by atoms with van der Waals surface area (Å²) in [5.74, 6) is 0.458. The number of hydrogen-bond acceptors (Lipinski definition) is 5. The van der Waals surface area contributed by atoms with Crippen LogP contribution in [-0.4, -0.2) is 21.6 Å². The van der Waals surface area contributed by atoms with Crippen molar-refractivity contribution >= 4 is 34.9 Å². The van der Waals surface area contributed by atoms with Gasteiger partial charge < -0.3 is 5.32 Å². The molecule has 1 N–H and O–H groups in total. The Balaban J connectivity index is 2.02. The van der Waals surface area contributed by atoms with Gasteiger partial charge in [-0.25, -0.2) is 4.98 Å². The zero-order valence-electron chi connectivity index (χ0n) is 12.3. The highest BCUT2D eigenvalue weighted by Crippen LogP contribution is 2.37. The third kappa shape index (κ3) is 3.78. The molecule has 6 heteroatoms. The smallest absolute Gasteiger partial charge is 0.225 e. The molecule has 0 aliphatic carbocycles. The number of carbonyl (C=O) groups is 1. The Morgan fingerprint density at radius 1 is 1.13 bits per heavy atom. The SMILES string of the molecule is O=C(CCS)Nc1sc(-c2cccnc2)nc1-c1ccccc1. The van der Waals surface area contributed by atoms with E-state index in [-0.39, 0.29) is 5.91 Å². The van der Waals surface area contributed by atoms with Crippen molar-refractivity contribution in [2.75, 3.05) is 11.1 Å². The number of nitrogens with zero attached hydrogens (tertiary/aromatic N) is 2. The second-order valence-corrected chi connectivity index (χ2v) is 6.27. The van der Waals surface area contributed by atoms with Crippen LogP contribution in [0, 0.1) is 0 Å². The van der Waals surface area contributed by atoms with Gasteiger partial charge in [0.15, 0.2) is 0 Å². The Labute approximate surface area is 144 Å². The summed E-state index contributed by atoms with van der Waals surface area (Å²) in [5.41, 5.74) is 2.69. The number of aromatic nitrogens is 2. The molecule has 1 amide bonds. The van der Waals surface area contributed by atoms with Gasteiger partial charge in [0, 0.05) is 29.9 Å². The number of anilines is 1. The first-order valence-corrected chi connectivity index (χ1v) is 8.60. The molecule has 0 spiro atoms. The van der Waals surface area contributed by atoms with Crippen molar-refractivity contribution in [2.24, 2.45) is 0 Å². The second kappa shape index (κ2) is 7.39. The summed E-state index contributed by atoms with van der Waals surface area (Å²) in [6, 6.07) is 13.7. The van der Waals surface area contributed by atoms with Crippen LogP contribution in [0.25, 0.3) is 21.8 Å². The maximum absolute atomic E-state index is 11.9. The van der Waals surface area contributed by atoms with E-state index < -0.39 is 0 Å². The minimum absolute atomic E-state index is 0.0569. The molecule has 0 atom stereocenters. The van der Waals surface area contributed by atoms with E-state index in [2.05, 4.69) is 22.9 Å². The number of amides is 1. The molecule has 4 nitrogen and oxygen atoms in total. The quantitative estimate of drug-likeness (QED) is 0.686. The zero-order valence-corrected chi connectivity index (χ0v) is 14.0. The van der Waals surface area contributed by atoms with Crippen LogP contribution in [0.2, 0.25) is 0 Å². The zero-order chi connectivity index (χ0) is 16.1. The summed E-state index contributed by atoms with van der Waals surface area (Å²) in [4.78, 5) is 20.8. The molecule has 0 aliphatic rings. The number of carbonyl (C=O) groups excluding carboxylic acids is 1. The molecule has 3 aromatic rings. The lowest BCUT2D eigenvalue weighted by Crippen LogP contribution is -2.11. The average Bonchev–Trinajstić information content (AvgIpc) is 3.00. The van der Waals surface area contributed by atoms with Crippen molar-refractivity contribution in [1.29, 1.82) is 0 Å². The molecule has 0 saturated carbocycles. The maximum Gasteiger partial charge on any atom is 0.225 e. The van der Waals surface area contributed by atoms with E-state index in [1.54, 1.807) is 12.4 Å². The fraction of sp³-hybridized carbons (Fsp3) is 0.118. The molecular formula is C17H15N3OS2. The van der Waals surface area contributed by atoms with E-state index in [0.29, 0.717) is 12.2 Å². The van der Waals surface area contributed by atoms with Gasteiger partial charge in [0.05, 0.1) is 0 Å². The van der Waals surface area contributed by atoms with E-state index >= 15 is 0 Å². The first-order valence-electron chi connectivity index (χ1n) is 7.15. The van der Waals surface area contributed by atoms with Crippen molar-refractivity contribution in [3.05, 3.63) is 54.9 Å². The van der Waals surface area contributed by atoms with Crippen LogP contribution in [0.1, 0.15) is 6.42 Å². The lowest BCUT2D eigenvalue weighted by molar-refractivity contribution is -0.115.